The minimum Gasteiger partial charge on any atom is -0.350 e. The number of benzene rings is 2. The molecule has 0 unspecified atom stereocenters. The molecule has 0 spiro atoms. The van der Waals surface area contributed by atoms with Crippen LogP contribution in [0.5, 0.6) is 0 Å². The number of amides is 1. The molecule has 0 aliphatic rings. The molecular weight excluding hydrogens is 414 g/mol. The lowest BCUT2D eigenvalue weighted by atomic mass is 10.1. The highest BCUT2D eigenvalue weighted by atomic mass is 16.1. The number of aromatic nitrogens is 4. The number of carbonyl (C=O) groups is 1. The maximum absolute atomic E-state index is 13.0. The highest BCUT2D eigenvalue weighted by molar-refractivity contribution is 5.89. The summed E-state index contributed by atoms with van der Waals surface area (Å²) in [6, 6.07) is 19.1. The Bertz CT molecular complexity index is 1520. The lowest BCUT2D eigenvalue weighted by Gasteiger charge is -2.12. The Balaban J connectivity index is 1.40. The van der Waals surface area contributed by atoms with Crippen molar-refractivity contribution in [2.45, 2.75) is 19.5 Å². The monoisotopic (exact) mass is 437 g/mol. The van der Waals surface area contributed by atoms with Crippen LogP contribution < -0.4 is 10.9 Å². The standard InChI is InChI=1S/C26H23N5O2/c1-30-17-19(20-8-4-5-11-24(20)30)13-25(32)28-15-23-21-9-2-3-10-22(21)26(33)31(29-23)16-18-7-6-12-27-14-18/h2-12,14,17H,13,15-16H2,1H3,(H,28,32). The van der Waals surface area contributed by atoms with Gasteiger partial charge >= 0.3 is 0 Å². The van der Waals surface area contributed by atoms with Gasteiger partial charge in [0.15, 0.2) is 0 Å². The Labute approximate surface area is 190 Å². The van der Waals surface area contributed by atoms with Gasteiger partial charge in [0.25, 0.3) is 5.56 Å². The summed E-state index contributed by atoms with van der Waals surface area (Å²) in [6.45, 7) is 0.548. The zero-order valence-corrected chi connectivity index (χ0v) is 18.2. The molecule has 0 radical (unpaired) electrons. The predicted molar refractivity (Wildman–Crippen MR) is 128 cm³/mol. The van der Waals surface area contributed by atoms with E-state index in [1.165, 1.54) is 4.68 Å². The van der Waals surface area contributed by atoms with Crippen LogP contribution in [0, 0.1) is 0 Å². The number of pyridine rings is 1. The molecule has 164 valence electrons. The molecular formula is C26H23N5O2. The molecule has 7 nitrogen and oxygen atoms in total. The summed E-state index contributed by atoms with van der Waals surface area (Å²) in [6.07, 6.45) is 5.67. The Kier molecular flexibility index (Phi) is 5.44. The maximum Gasteiger partial charge on any atom is 0.274 e. The maximum atomic E-state index is 13.0. The van der Waals surface area contributed by atoms with Crippen molar-refractivity contribution in [3.63, 3.8) is 0 Å². The molecule has 1 amide bonds. The van der Waals surface area contributed by atoms with Crippen LogP contribution in [-0.4, -0.2) is 25.2 Å². The number of aryl methyl sites for hydroxylation is 1. The van der Waals surface area contributed by atoms with Gasteiger partial charge in [-0.2, -0.15) is 5.10 Å². The summed E-state index contributed by atoms with van der Waals surface area (Å²) in [5.41, 5.74) is 3.44. The molecule has 1 N–H and O–H groups in total. The molecule has 3 aromatic heterocycles. The molecule has 0 bridgehead atoms. The Morgan fingerprint density at radius 2 is 1.73 bits per heavy atom. The largest absolute Gasteiger partial charge is 0.350 e. The number of nitrogens with one attached hydrogen (secondary N) is 1. The molecule has 0 atom stereocenters. The van der Waals surface area contributed by atoms with Crippen molar-refractivity contribution in [1.82, 2.24) is 24.6 Å². The normalized spacial score (nSPS) is 11.2. The Morgan fingerprint density at radius 1 is 0.970 bits per heavy atom. The highest BCUT2D eigenvalue weighted by Gasteiger charge is 2.14. The molecule has 0 fully saturated rings. The summed E-state index contributed by atoms with van der Waals surface area (Å²) in [7, 11) is 1.98. The number of nitrogens with zero attached hydrogens (tertiary/aromatic N) is 4. The Morgan fingerprint density at radius 3 is 2.52 bits per heavy atom. The number of para-hydroxylation sites is 1. The molecule has 0 saturated carbocycles. The first kappa shape index (κ1) is 20.6. The molecule has 0 aliphatic carbocycles. The molecule has 2 aromatic carbocycles. The number of fused-ring (bicyclic) bond motifs is 2. The van der Waals surface area contributed by atoms with Gasteiger partial charge < -0.3 is 9.88 Å². The molecule has 5 rings (SSSR count). The number of hydrogen-bond acceptors (Lipinski definition) is 4. The van der Waals surface area contributed by atoms with Crippen LogP contribution in [0.2, 0.25) is 0 Å². The summed E-state index contributed by atoms with van der Waals surface area (Å²) in [5.74, 6) is -0.0951. The lowest BCUT2D eigenvalue weighted by molar-refractivity contribution is -0.120. The van der Waals surface area contributed by atoms with E-state index in [-0.39, 0.29) is 24.4 Å². The minimum absolute atomic E-state index is 0.0951. The second kappa shape index (κ2) is 8.70. The van der Waals surface area contributed by atoms with E-state index in [9.17, 15) is 9.59 Å². The van der Waals surface area contributed by atoms with Gasteiger partial charge in [0, 0.05) is 41.9 Å². The molecule has 3 heterocycles. The average molecular weight is 438 g/mol. The zero-order chi connectivity index (χ0) is 22.8. The second-order valence-electron chi connectivity index (χ2n) is 8.05. The van der Waals surface area contributed by atoms with E-state index in [4.69, 9.17) is 0 Å². The fourth-order valence-electron chi connectivity index (χ4n) is 4.19. The third kappa shape index (κ3) is 4.13. The van der Waals surface area contributed by atoms with Crippen LogP contribution in [0.25, 0.3) is 21.7 Å². The first-order valence-corrected chi connectivity index (χ1v) is 10.8. The number of hydrogen-bond donors (Lipinski definition) is 1. The highest BCUT2D eigenvalue weighted by Crippen LogP contribution is 2.21. The first-order chi connectivity index (χ1) is 16.1. The second-order valence-corrected chi connectivity index (χ2v) is 8.05. The van der Waals surface area contributed by atoms with Crippen molar-refractivity contribution in [2.24, 2.45) is 7.05 Å². The van der Waals surface area contributed by atoms with Gasteiger partial charge in [0.05, 0.1) is 30.6 Å². The van der Waals surface area contributed by atoms with Gasteiger partial charge in [0.1, 0.15) is 0 Å². The molecule has 5 aromatic rings. The summed E-state index contributed by atoms with van der Waals surface area (Å²) < 4.78 is 3.47. The number of carbonyl (C=O) groups excluding carboxylic acids is 1. The van der Waals surface area contributed by atoms with Gasteiger partial charge in [-0.1, -0.05) is 42.5 Å². The third-order valence-corrected chi connectivity index (χ3v) is 5.78. The SMILES string of the molecule is Cn1cc(CC(=O)NCc2nn(Cc3cccnc3)c(=O)c3ccccc23)c2ccccc21. The van der Waals surface area contributed by atoms with Crippen LogP contribution in [0.4, 0.5) is 0 Å². The van der Waals surface area contributed by atoms with E-state index in [0.29, 0.717) is 17.6 Å². The minimum atomic E-state index is -0.166. The van der Waals surface area contributed by atoms with E-state index in [1.807, 2.05) is 72.4 Å². The van der Waals surface area contributed by atoms with Crippen molar-refractivity contribution < 1.29 is 4.79 Å². The first-order valence-electron chi connectivity index (χ1n) is 10.8. The predicted octanol–water partition coefficient (Wildman–Crippen LogP) is 3.19. The van der Waals surface area contributed by atoms with Crippen molar-refractivity contribution in [2.75, 3.05) is 0 Å². The van der Waals surface area contributed by atoms with Gasteiger partial charge in [0.2, 0.25) is 5.91 Å². The van der Waals surface area contributed by atoms with E-state index in [1.54, 1.807) is 18.5 Å². The summed E-state index contributed by atoms with van der Waals surface area (Å²) in [5, 5.41) is 9.97. The lowest BCUT2D eigenvalue weighted by Crippen LogP contribution is -2.29. The van der Waals surface area contributed by atoms with Gasteiger partial charge in [-0.05, 0) is 29.3 Å². The quantitative estimate of drug-likeness (QED) is 0.442. The van der Waals surface area contributed by atoms with Gasteiger partial charge in [-0.15, -0.1) is 0 Å². The Hall–Kier alpha value is -4.26. The van der Waals surface area contributed by atoms with Crippen LogP contribution in [0.1, 0.15) is 16.8 Å². The topological polar surface area (TPSA) is 81.8 Å². The van der Waals surface area contributed by atoms with Gasteiger partial charge in [-0.25, -0.2) is 4.68 Å². The van der Waals surface area contributed by atoms with Crippen LogP contribution in [0.15, 0.2) is 84.0 Å². The van der Waals surface area contributed by atoms with Crippen LogP contribution in [0.3, 0.4) is 0 Å². The molecule has 0 aliphatic heterocycles. The molecule has 33 heavy (non-hydrogen) atoms. The summed E-state index contributed by atoms with van der Waals surface area (Å²) >= 11 is 0. The van der Waals surface area contributed by atoms with Crippen molar-refractivity contribution in [3.05, 3.63) is 106 Å². The molecule has 0 saturated heterocycles. The average Bonchev–Trinajstić information content (AvgIpc) is 3.16. The van der Waals surface area contributed by atoms with E-state index in [0.717, 1.165) is 27.4 Å². The van der Waals surface area contributed by atoms with E-state index >= 15 is 0 Å². The van der Waals surface area contributed by atoms with Crippen molar-refractivity contribution in [1.29, 1.82) is 0 Å². The fourth-order valence-corrected chi connectivity index (χ4v) is 4.19. The fraction of sp³-hybridized carbons (Fsp3) is 0.154. The molecule has 7 heteroatoms. The van der Waals surface area contributed by atoms with Crippen molar-refractivity contribution in [3.8, 4) is 0 Å². The smallest absolute Gasteiger partial charge is 0.274 e. The number of rotatable bonds is 6. The van der Waals surface area contributed by atoms with E-state index < -0.39 is 0 Å². The van der Waals surface area contributed by atoms with E-state index in [2.05, 4.69) is 15.4 Å². The zero-order valence-electron chi connectivity index (χ0n) is 18.2. The van der Waals surface area contributed by atoms with Crippen molar-refractivity contribution >= 4 is 27.6 Å². The van der Waals surface area contributed by atoms with Gasteiger partial charge in [-0.3, -0.25) is 14.6 Å². The van der Waals surface area contributed by atoms with Crippen LogP contribution in [-0.2, 0) is 31.4 Å². The summed E-state index contributed by atoms with van der Waals surface area (Å²) in [4.78, 5) is 29.9. The third-order valence-electron chi connectivity index (χ3n) is 5.78. The van der Waals surface area contributed by atoms with Crippen LogP contribution >= 0.6 is 0 Å².